The lowest BCUT2D eigenvalue weighted by atomic mass is 10.1. The van der Waals surface area contributed by atoms with Crippen molar-refractivity contribution in [1.82, 2.24) is 9.13 Å². The molecule has 0 fully saturated rings. The molecule has 3 aromatic heterocycles. The molecule has 0 aliphatic carbocycles. The van der Waals surface area contributed by atoms with Crippen molar-refractivity contribution in [2.45, 2.75) is 0 Å². The lowest BCUT2D eigenvalue weighted by Gasteiger charge is -2.10. The summed E-state index contributed by atoms with van der Waals surface area (Å²) in [5, 5.41) is 25.7. The minimum Gasteiger partial charge on any atom is -0.455 e. The lowest BCUT2D eigenvalue weighted by Crippen LogP contribution is -1.96. The zero-order valence-electron chi connectivity index (χ0n) is 22.7. The number of fused-ring (bicyclic) bond motifs is 9. The molecule has 9 aromatic rings. The highest BCUT2D eigenvalue weighted by molar-refractivity contribution is 6.13. The van der Waals surface area contributed by atoms with Gasteiger partial charge in [0, 0.05) is 43.7 Å². The molecule has 9 rings (SSSR count). The first-order valence-corrected chi connectivity index (χ1v) is 14.1. The van der Waals surface area contributed by atoms with Crippen molar-refractivity contribution in [2.75, 3.05) is 0 Å². The molecule has 198 valence electrons. The average Bonchev–Trinajstić information content (AvgIpc) is 3.71. The Labute approximate surface area is 245 Å². The van der Waals surface area contributed by atoms with Crippen molar-refractivity contribution >= 4 is 65.6 Å². The Kier molecular flexibility index (Phi) is 4.68. The molecule has 0 spiro atoms. The largest absolute Gasteiger partial charge is 0.455 e. The van der Waals surface area contributed by atoms with Gasteiger partial charge in [0.2, 0.25) is 0 Å². The summed E-state index contributed by atoms with van der Waals surface area (Å²) in [7, 11) is 0. The summed E-state index contributed by atoms with van der Waals surface area (Å²) in [5.74, 6) is 0. The Hall–Kier alpha value is -6.30. The molecular weight excluding hydrogens is 528 g/mol. The summed E-state index contributed by atoms with van der Waals surface area (Å²) in [6, 6.07) is 45.8. The molecule has 0 bridgehead atoms. The van der Waals surface area contributed by atoms with Crippen molar-refractivity contribution in [2.24, 2.45) is 0 Å². The summed E-state index contributed by atoms with van der Waals surface area (Å²) in [4.78, 5) is 0. The van der Waals surface area contributed by atoms with Gasteiger partial charge in [0.15, 0.2) is 5.58 Å². The van der Waals surface area contributed by atoms with Crippen molar-refractivity contribution < 1.29 is 4.42 Å². The van der Waals surface area contributed by atoms with E-state index in [0.29, 0.717) is 16.7 Å². The third-order valence-electron chi connectivity index (χ3n) is 8.58. The molecule has 0 saturated carbocycles. The Morgan fingerprint density at radius 3 is 1.86 bits per heavy atom. The SMILES string of the molecule is N#Cc1ccc2c3ccccc3n(-c3ccc4c(c3)c3ccccc3n4-c3ccc4oc5c(C#N)cccc5c4c3)c2c1. The molecular formula is C38H20N4O. The molecule has 0 unspecified atom stereocenters. The van der Waals surface area contributed by atoms with Crippen LogP contribution in [0.5, 0.6) is 0 Å². The van der Waals surface area contributed by atoms with Gasteiger partial charge in [0.1, 0.15) is 11.7 Å². The van der Waals surface area contributed by atoms with Crippen LogP contribution < -0.4 is 0 Å². The van der Waals surface area contributed by atoms with E-state index < -0.39 is 0 Å². The first-order chi connectivity index (χ1) is 21.2. The van der Waals surface area contributed by atoms with Crippen LogP contribution in [0.4, 0.5) is 0 Å². The van der Waals surface area contributed by atoms with Crippen LogP contribution in [0.15, 0.2) is 126 Å². The predicted molar refractivity (Wildman–Crippen MR) is 172 cm³/mol. The maximum atomic E-state index is 9.66. The zero-order valence-corrected chi connectivity index (χ0v) is 22.7. The highest BCUT2D eigenvalue weighted by atomic mass is 16.3. The van der Waals surface area contributed by atoms with Crippen LogP contribution in [-0.2, 0) is 0 Å². The van der Waals surface area contributed by atoms with E-state index in [4.69, 9.17) is 4.42 Å². The fourth-order valence-electron chi connectivity index (χ4n) is 6.71. The van der Waals surface area contributed by atoms with E-state index >= 15 is 0 Å². The van der Waals surface area contributed by atoms with Gasteiger partial charge in [-0.05, 0) is 66.7 Å². The fourth-order valence-corrected chi connectivity index (χ4v) is 6.71. The predicted octanol–water partition coefficient (Wildman–Crippen LogP) is 9.52. The molecule has 5 heteroatoms. The maximum absolute atomic E-state index is 9.66. The van der Waals surface area contributed by atoms with Crippen LogP contribution in [-0.4, -0.2) is 9.13 Å². The first kappa shape index (κ1) is 23.4. The minimum atomic E-state index is 0.534. The second-order valence-electron chi connectivity index (χ2n) is 10.8. The van der Waals surface area contributed by atoms with Crippen molar-refractivity contribution in [3.8, 4) is 23.5 Å². The number of nitriles is 2. The number of aromatic nitrogens is 2. The first-order valence-electron chi connectivity index (χ1n) is 14.1. The van der Waals surface area contributed by atoms with E-state index in [2.05, 4.69) is 100 Å². The monoisotopic (exact) mass is 548 g/mol. The molecule has 43 heavy (non-hydrogen) atoms. The number of hydrogen-bond acceptors (Lipinski definition) is 3. The molecule has 0 atom stereocenters. The summed E-state index contributed by atoms with van der Waals surface area (Å²) in [6.45, 7) is 0. The highest BCUT2D eigenvalue weighted by Crippen LogP contribution is 2.38. The Morgan fingerprint density at radius 2 is 1.09 bits per heavy atom. The van der Waals surface area contributed by atoms with E-state index in [1.807, 2.05) is 36.4 Å². The summed E-state index contributed by atoms with van der Waals surface area (Å²) < 4.78 is 10.7. The van der Waals surface area contributed by atoms with E-state index in [0.717, 1.165) is 71.3 Å². The standard InChI is InChI=1S/C38H20N4O/c39-21-23-12-15-29-27-7-1-3-10-33(27)42(36(29)18-23)25-13-16-35-31(19-25)28-8-2-4-11-34(28)41(35)26-14-17-37-32(20-26)30-9-5-6-24(22-40)38(30)43-37/h1-20H. The van der Waals surface area contributed by atoms with E-state index in [1.165, 1.54) is 0 Å². The number of rotatable bonds is 2. The van der Waals surface area contributed by atoms with Crippen LogP contribution in [0.25, 0.3) is 76.9 Å². The van der Waals surface area contributed by atoms with E-state index in [-0.39, 0.29) is 0 Å². The van der Waals surface area contributed by atoms with Gasteiger partial charge in [-0.1, -0.05) is 54.6 Å². The average molecular weight is 549 g/mol. The van der Waals surface area contributed by atoms with Gasteiger partial charge in [-0.2, -0.15) is 10.5 Å². The summed E-state index contributed by atoms with van der Waals surface area (Å²) in [6.07, 6.45) is 0. The van der Waals surface area contributed by atoms with E-state index in [9.17, 15) is 10.5 Å². The number of furan rings is 1. The third-order valence-corrected chi connectivity index (χ3v) is 8.58. The smallest absolute Gasteiger partial charge is 0.153 e. The molecule has 0 radical (unpaired) electrons. The number of benzene rings is 6. The van der Waals surface area contributed by atoms with Crippen LogP contribution in [0, 0.1) is 22.7 Å². The van der Waals surface area contributed by atoms with Gasteiger partial charge >= 0.3 is 0 Å². The molecule has 0 aliphatic heterocycles. The molecule has 0 amide bonds. The van der Waals surface area contributed by atoms with Crippen molar-refractivity contribution in [3.63, 3.8) is 0 Å². The highest BCUT2D eigenvalue weighted by Gasteiger charge is 2.18. The van der Waals surface area contributed by atoms with Crippen LogP contribution >= 0.6 is 0 Å². The van der Waals surface area contributed by atoms with Crippen LogP contribution in [0.2, 0.25) is 0 Å². The van der Waals surface area contributed by atoms with Crippen molar-refractivity contribution in [1.29, 1.82) is 10.5 Å². The molecule has 6 aromatic carbocycles. The molecule has 0 N–H and O–H groups in total. The molecule has 5 nitrogen and oxygen atoms in total. The van der Waals surface area contributed by atoms with Gasteiger partial charge in [0.25, 0.3) is 0 Å². The fraction of sp³-hybridized carbons (Fsp3) is 0. The second-order valence-corrected chi connectivity index (χ2v) is 10.8. The van der Waals surface area contributed by atoms with Gasteiger partial charge < -0.3 is 13.6 Å². The van der Waals surface area contributed by atoms with Gasteiger partial charge in [-0.15, -0.1) is 0 Å². The number of hydrogen-bond donors (Lipinski definition) is 0. The minimum absolute atomic E-state index is 0.534. The normalized spacial score (nSPS) is 11.7. The zero-order chi connectivity index (χ0) is 28.7. The van der Waals surface area contributed by atoms with Gasteiger partial charge in [0.05, 0.1) is 39.3 Å². The lowest BCUT2D eigenvalue weighted by molar-refractivity contribution is 0.667. The van der Waals surface area contributed by atoms with Gasteiger partial charge in [-0.25, -0.2) is 0 Å². The summed E-state index contributed by atoms with van der Waals surface area (Å²) >= 11 is 0. The topological polar surface area (TPSA) is 70.6 Å². The van der Waals surface area contributed by atoms with Gasteiger partial charge in [-0.3, -0.25) is 0 Å². The number of para-hydroxylation sites is 3. The molecule has 3 heterocycles. The van der Waals surface area contributed by atoms with Crippen LogP contribution in [0.1, 0.15) is 11.1 Å². The second kappa shape index (κ2) is 8.60. The Morgan fingerprint density at radius 1 is 0.465 bits per heavy atom. The molecule has 0 saturated heterocycles. The molecule has 0 aliphatic rings. The quantitative estimate of drug-likeness (QED) is 0.216. The Balaban J connectivity index is 1.33. The van der Waals surface area contributed by atoms with E-state index in [1.54, 1.807) is 6.07 Å². The Bertz CT molecular complexity index is 2710. The van der Waals surface area contributed by atoms with Crippen molar-refractivity contribution in [3.05, 3.63) is 132 Å². The van der Waals surface area contributed by atoms with Crippen LogP contribution in [0.3, 0.4) is 0 Å². The third kappa shape index (κ3) is 3.19. The summed E-state index contributed by atoms with van der Waals surface area (Å²) in [5.41, 5.74) is 8.92. The maximum Gasteiger partial charge on any atom is 0.153 e. The number of nitrogens with zero attached hydrogens (tertiary/aromatic N) is 4.